The first kappa shape index (κ1) is 11.0. The maximum absolute atomic E-state index is 2.37. The Balaban J connectivity index is 2.45. The van der Waals surface area contributed by atoms with Crippen LogP contribution in [0.3, 0.4) is 0 Å². The quantitative estimate of drug-likeness (QED) is 0.710. The molecule has 0 radical (unpaired) electrons. The van der Waals surface area contributed by atoms with E-state index in [1.807, 2.05) is 11.8 Å². The Labute approximate surface area is 99.9 Å². The van der Waals surface area contributed by atoms with E-state index in [1.54, 1.807) is 11.8 Å². The fraction of sp³-hybridized carbons (Fsp3) is 0.333. The van der Waals surface area contributed by atoms with Gasteiger partial charge in [0.25, 0.3) is 0 Å². The van der Waals surface area contributed by atoms with Crippen molar-refractivity contribution in [2.45, 2.75) is 23.6 Å². The average Bonchev–Trinajstić information content (AvgIpc) is 2.65. The molecule has 1 nitrogen and oxygen atoms in total. The molecule has 3 heteroatoms. The van der Waals surface area contributed by atoms with E-state index in [9.17, 15) is 0 Å². The second-order valence-electron chi connectivity index (χ2n) is 3.31. The summed E-state index contributed by atoms with van der Waals surface area (Å²) in [6.07, 6.45) is 4.31. The van der Waals surface area contributed by atoms with Crippen LogP contribution < -0.4 is 4.90 Å². The highest BCUT2D eigenvalue weighted by Crippen LogP contribution is 2.46. The van der Waals surface area contributed by atoms with Crippen molar-refractivity contribution in [2.24, 2.45) is 0 Å². The van der Waals surface area contributed by atoms with Gasteiger partial charge in [-0.3, -0.25) is 0 Å². The van der Waals surface area contributed by atoms with Crippen molar-refractivity contribution in [3.8, 4) is 0 Å². The summed E-state index contributed by atoms with van der Waals surface area (Å²) < 4.78 is 0. The topological polar surface area (TPSA) is 3.24 Å². The average molecular weight is 237 g/mol. The van der Waals surface area contributed by atoms with Crippen LogP contribution in [0.1, 0.15) is 13.8 Å². The zero-order chi connectivity index (χ0) is 10.8. The number of fused-ring (bicyclic) bond motifs is 1. The highest BCUT2D eigenvalue weighted by atomic mass is 32.2. The van der Waals surface area contributed by atoms with Gasteiger partial charge in [0.1, 0.15) is 0 Å². The number of allylic oxidation sites excluding steroid dienone is 1. The van der Waals surface area contributed by atoms with E-state index in [4.69, 9.17) is 0 Å². The van der Waals surface area contributed by atoms with Gasteiger partial charge in [0.2, 0.25) is 0 Å². The Morgan fingerprint density at radius 1 is 1.47 bits per heavy atom. The predicted molar refractivity (Wildman–Crippen MR) is 70.9 cm³/mol. The Bertz CT molecular complexity index is 399. The van der Waals surface area contributed by atoms with Crippen LogP contribution in [0.5, 0.6) is 0 Å². The van der Waals surface area contributed by atoms with Crippen LogP contribution in [-0.4, -0.2) is 12.8 Å². The van der Waals surface area contributed by atoms with Gasteiger partial charge in [-0.1, -0.05) is 17.8 Å². The number of nitrogens with zero attached hydrogens (tertiary/aromatic N) is 1. The molecule has 0 N–H and O–H groups in total. The second-order valence-corrected chi connectivity index (χ2v) is 5.25. The van der Waals surface area contributed by atoms with Gasteiger partial charge in [-0.2, -0.15) is 0 Å². The summed E-state index contributed by atoms with van der Waals surface area (Å²) in [5.41, 5.74) is 1.36. The monoisotopic (exact) mass is 237 g/mol. The first-order chi connectivity index (χ1) is 7.30. The summed E-state index contributed by atoms with van der Waals surface area (Å²) in [6, 6.07) is 6.71. The third kappa shape index (κ3) is 1.91. The van der Waals surface area contributed by atoms with Gasteiger partial charge in [0.05, 0.1) is 10.7 Å². The van der Waals surface area contributed by atoms with E-state index < -0.39 is 0 Å². The molecule has 1 aromatic rings. The third-order valence-corrected chi connectivity index (χ3v) is 4.46. The largest absolute Gasteiger partial charge is 0.336 e. The normalized spacial score (nSPS) is 17.3. The number of rotatable bonds is 2. The molecule has 0 saturated carbocycles. The van der Waals surface area contributed by atoms with Crippen LogP contribution >= 0.6 is 23.5 Å². The molecule has 2 rings (SSSR count). The first-order valence-corrected chi connectivity index (χ1v) is 7.14. The van der Waals surface area contributed by atoms with Crippen molar-refractivity contribution < 1.29 is 0 Å². The SMILES string of the molecule is CC=C1Sc2ccc(SC)cc2N1CC. The Morgan fingerprint density at radius 2 is 2.27 bits per heavy atom. The van der Waals surface area contributed by atoms with E-state index in [-0.39, 0.29) is 0 Å². The molecule has 15 heavy (non-hydrogen) atoms. The summed E-state index contributed by atoms with van der Waals surface area (Å²) in [6.45, 7) is 5.34. The van der Waals surface area contributed by atoms with Gasteiger partial charge < -0.3 is 4.90 Å². The molecule has 80 valence electrons. The number of hydrogen-bond donors (Lipinski definition) is 0. The van der Waals surface area contributed by atoms with Crippen LogP contribution in [-0.2, 0) is 0 Å². The van der Waals surface area contributed by atoms with Crippen LogP contribution in [0.25, 0.3) is 0 Å². The third-order valence-electron chi connectivity index (χ3n) is 2.50. The van der Waals surface area contributed by atoms with Crippen LogP contribution in [0.2, 0.25) is 0 Å². The summed E-state index contributed by atoms with van der Waals surface area (Å²) in [4.78, 5) is 5.09. The number of anilines is 1. The molecule has 0 saturated heterocycles. The van der Waals surface area contributed by atoms with Crippen molar-refractivity contribution in [3.05, 3.63) is 29.3 Å². The molecule has 1 aromatic carbocycles. The van der Waals surface area contributed by atoms with E-state index in [0.717, 1.165) is 6.54 Å². The second kappa shape index (κ2) is 4.54. The Hall–Kier alpha value is -0.540. The van der Waals surface area contributed by atoms with Gasteiger partial charge in [0.15, 0.2) is 0 Å². The van der Waals surface area contributed by atoms with E-state index in [2.05, 4.69) is 49.3 Å². The molecule has 1 aliphatic heterocycles. The summed E-state index contributed by atoms with van der Waals surface area (Å²) in [7, 11) is 0. The van der Waals surface area contributed by atoms with Gasteiger partial charge in [-0.25, -0.2) is 0 Å². The molecule has 1 aliphatic rings. The zero-order valence-electron chi connectivity index (χ0n) is 9.28. The van der Waals surface area contributed by atoms with E-state index in [1.165, 1.54) is 20.5 Å². The fourth-order valence-electron chi connectivity index (χ4n) is 1.75. The minimum Gasteiger partial charge on any atom is -0.336 e. The molecule has 0 atom stereocenters. The highest BCUT2D eigenvalue weighted by Gasteiger charge is 2.23. The molecule has 0 fully saturated rings. The maximum Gasteiger partial charge on any atom is 0.0757 e. The number of hydrogen-bond acceptors (Lipinski definition) is 3. The van der Waals surface area contributed by atoms with Gasteiger partial charge in [0, 0.05) is 16.3 Å². The van der Waals surface area contributed by atoms with E-state index >= 15 is 0 Å². The summed E-state index contributed by atoms with van der Waals surface area (Å²) >= 11 is 3.67. The van der Waals surface area contributed by atoms with Crippen LogP contribution in [0.4, 0.5) is 5.69 Å². The molecule has 0 spiro atoms. The summed E-state index contributed by atoms with van der Waals surface area (Å²) in [5, 5.41) is 1.35. The lowest BCUT2D eigenvalue weighted by molar-refractivity contribution is 0.996. The molecule has 1 heterocycles. The molecular formula is C12H15NS2. The lowest BCUT2D eigenvalue weighted by Gasteiger charge is -2.17. The predicted octanol–water partition coefficient (Wildman–Crippen LogP) is 4.20. The lowest BCUT2D eigenvalue weighted by Crippen LogP contribution is -2.16. The summed E-state index contributed by atoms with van der Waals surface area (Å²) in [5.74, 6) is 0. The zero-order valence-corrected chi connectivity index (χ0v) is 10.9. The van der Waals surface area contributed by atoms with Crippen molar-refractivity contribution >= 4 is 29.2 Å². The van der Waals surface area contributed by atoms with Crippen molar-refractivity contribution in [3.63, 3.8) is 0 Å². The van der Waals surface area contributed by atoms with Crippen molar-refractivity contribution in [2.75, 3.05) is 17.7 Å². The van der Waals surface area contributed by atoms with E-state index in [0.29, 0.717) is 0 Å². The van der Waals surface area contributed by atoms with Gasteiger partial charge in [-0.05, 0) is 38.3 Å². The minimum atomic E-state index is 1.04. The molecule has 0 aromatic heterocycles. The number of thioether (sulfide) groups is 2. The fourth-order valence-corrected chi connectivity index (χ4v) is 3.27. The highest BCUT2D eigenvalue weighted by molar-refractivity contribution is 8.03. The van der Waals surface area contributed by atoms with Gasteiger partial charge in [-0.15, -0.1) is 11.8 Å². The lowest BCUT2D eigenvalue weighted by atomic mass is 10.3. The molecule has 0 aliphatic carbocycles. The van der Waals surface area contributed by atoms with Gasteiger partial charge >= 0.3 is 0 Å². The molecule has 0 amide bonds. The Kier molecular flexibility index (Phi) is 3.32. The molecular weight excluding hydrogens is 222 g/mol. The maximum atomic E-state index is 2.37. The van der Waals surface area contributed by atoms with Crippen LogP contribution in [0, 0.1) is 0 Å². The van der Waals surface area contributed by atoms with Crippen molar-refractivity contribution in [1.82, 2.24) is 0 Å². The standard InChI is InChI=1S/C12H15NS2/c1-4-12-13(5-2)10-8-9(14-3)6-7-11(10)15-12/h4,6-8H,5H2,1-3H3. The first-order valence-electron chi connectivity index (χ1n) is 5.10. The minimum absolute atomic E-state index is 1.04. The molecule has 0 bridgehead atoms. The van der Waals surface area contributed by atoms with Crippen molar-refractivity contribution in [1.29, 1.82) is 0 Å². The number of benzene rings is 1. The molecule has 0 unspecified atom stereocenters. The smallest absolute Gasteiger partial charge is 0.0757 e. The van der Waals surface area contributed by atoms with Crippen LogP contribution in [0.15, 0.2) is 39.1 Å². The Morgan fingerprint density at radius 3 is 2.87 bits per heavy atom.